The maximum Gasteiger partial charge on any atom is 0.325 e. The summed E-state index contributed by atoms with van der Waals surface area (Å²) in [5.41, 5.74) is -0.527. The molecule has 100 valence electrons. The summed E-state index contributed by atoms with van der Waals surface area (Å²) in [5.74, 6) is -0.528. The number of hydrogen-bond acceptors (Lipinski definition) is 4. The Morgan fingerprint density at radius 1 is 1.24 bits per heavy atom. The average Bonchev–Trinajstić information content (AvgIpc) is 2.24. The Bertz CT molecular complexity index is 274. The number of nitrogens with zero attached hydrogens (tertiary/aromatic N) is 1. The third-order valence-corrected chi connectivity index (χ3v) is 2.60. The zero-order chi connectivity index (χ0) is 13.6. The minimum atomic E-state index is -0.527. The minimum absolute atomic E-state index is 0.0210. The van der Waals surface area contributed by atoms with E-state index in [9.17, 15) is 9.59 Å². The molecule has 0 heterocycles. The number of carbonyl (C=O) groups excluding carboxylic acids is 2. The monoisotopic (exact) mass is 245 g/mol. The lowest BCUT2D eigenvalue weighted by atomic mass is 10.0. The minimum Gasteiger partial charge on any atom is -0.468 e. The summed E-state index contributed by atoms with van der Waals surface area (Å²) in [6.07, 6.45) is 0.235. The van der Waals surface area contributed by atoms with Crippen molar-refractivity contribution < 1.29 is 19.1 Å². The highest BCUT2D eigenvalue weighted by Crippen LogP contribution is 2.16. The number of ether oxygens (including phenoxy) is 2. The van der Waals surface area contributed by atoms with Gasteiger partial charge < -0.3 is 14.4 Å². The fourth-order valence-electron chi connectivity index (χ4n) is 1.30. The van der Waals surface area contributed by atoms with Crippen LogP contribution in [0.4, 0.5) is 0 Å². The zero-order valence-corrected chi connectivity index (χ0v) is 11.6. The molecule has 1 amide bonds. The Kier molecular flexibility index (Phi) is 6.16. The smallest absolute Gasteiger partial charge is 0.325 e. The zero-order valence-electron chi connectivity index (χ0n) is 11.6. The molecular weight excluding hydrogens is 222 g/mol. The Morgan fingerprint density at radius 2 is 1.76 bits per heavy atom. The predicted molar refractivity (Wildman–Crippen MR) is 64.6 cm³/mol. The molecule has 0 aliphatic heterocycles. The highest BCUT2D eigenvalue weighted by molar-refractivity contribution is 5.82. The molecule has 0 fully saturated rings. The molecule has 0 spiro atoms. The van der Waals surface area contributed by atoms with Crippen molar-refractivity contribution >= 4 is 11.9 Å². The number of amides is 1. The van der Waals surface area contributed by atoms with Gasteiger partial charge in [-0.1, -0.05) is 0 Å². The summed E-state index contributed by atoms with van der Waals surface area (Å²) in [5, 5.41) is 0. The summed E-state index contributed by atoms with van der Waals surface area (Å²) in [6.45, 7) is 7.37. The third-order valence-electron chi connectivity index (χ3n) is 2.60. The van der Waals surface area contributed by atoms with Crippen molar-refractivity contribution in [1.82, 2.24) is 4.90 Å². The molecule has 5 heteroatoms. The van der Waals surface area contributed by atoms with Crippen molar-refractivity contribution in [2.75, 3.05) is 20.8 Å². The van der Waals surface area contributed by atoms with Crippen LogP contribution in [0, 0.1) is 0 Å². The first kappa shape index (κ1) is 15.9. The molecule has 0 aliphatic carbocycles. The van der Waals surface area contributed by atoms with Crippen molar-refractivity contribution in [3.8, 4) is 0 Å². The quantitative estimate of drug-likeness (QED) is 0.660. The molecule has 0 atom stereocenters. The van der Waals surface area contributed by atoms with Crippen molar-refractivity contribution in [1.29, 1.82) is 0 Å². The molecule has 0 aromatic rings. The molecule has 0 bridgehead atoms. The number of esters is 1. The lowest BCUT2D eigenvalue weighted by molar-refractivity contribution is -0.150. The molecule has 0 saturated heterocycles. The van der Waals surface area contributed by atoms with Crippen LogP contribution in [0.25, 0.3) is 0 Å². The van der Waals surface area contributed by atoms with E-state index < -0.39 is 11.6 Å². The molecule has 0 N–H and O–H groups in total. The number of rotatable bonds is 6. The largest absolute Gasteiger partial charge is 0.468 e. The highest BCUT2D eigenvalue weighted by Gasteiger charge is 2.27. The predicted octanol–water partition coefficient (Wildman–Crippen LogP) is 1.21. The van der Waals surface area contributed by atoms with Crippen LogP contribution in [-0.4, -0.2) is 49.2 Å². The van der Waals surface area contributed by atoms with Gasteiger partial charge in [0.15, 0.2) is 0 Å². The van der Waals surface area contributed by atoms with Crippen LogP contribution in [0.3, 0.4) is 0 Å². The topological polar surface area (TPSA) is 55.8 Å². The first-order chi connectivity index (χ1) is 7.73. The van der Waals surface area contributed by atoms with Gasteiger partial charge in [0.25, 0.3) is 0 Å². The average molecular weight is 245 g/mol. The third kappa shape index (κ3) is 5.68. The van der Waals surface area contributed by atoms with Crippen molar-refractivity contribution in [3.05, 3.63) is 0 Å². The van der Waals surface area contributed by atoms with Gasteiger partial charge in [-0.15, -0.1) is 0 Å². The van der Waals surface area contributed by atoms with Gasteiger partial charge in [-0.3, -0.25) is 9.59 Å². The van der Waals surface area contributed by atoms with E-state index in [1.54, 1.807) is 7.11 Å². The Morgan fingerprint density at radius 3 is 2.12 bits per heavy atom. The van der Waals surface area contributed by atoms with Crippen LogP contribution in [0.1, 0.15) is 34.1 Å². The first-order valence-corrected chi connectivity index (χ1v) is 5.65. The van der Waals surface area contributed by atoms with E-state index in [0.29, 0.717) is 0 Å². The highest BCUT2D eigenvalue weighted by atomic mass is 16.5. The van der Waals surface area contributed by atoms with E-state index in [4.69, 9.17) is 4.74 Å². The first-order valence-electron chi connectivity index (χ1n) is 5.65. The maximum atomic E-state index is 12.0. The summed E-state index contributed by atoms with van der Waals surface area (Å²) in [7, 11) is 2.87. The SMILES string of the molecule is COC(=O)CN(C(=O)CC(C)(C)OC)C(C)C. The Balaban J connectivity index is 4.61. The molecule has 0 aliphatic rings. The summed E-state index contributed by atoms with van der Waals surface area (Å²) in [6, 6.07) is -0.0470. The Hall–Kier alpha value is -1.10. The van der Waals surface area contributed by atoms with Gasteiger partial charge in [0.05, 0.1) is 19.1 Å². The molecule has 5 nitrogen and oxygen atoms in total. The molecule has 17 heavy (non-hydrogen) atoms. The standard InChI is InChI=1S/C12H23NO4/c1-9(2)13(8-11(15)16-5)10(14)7-12(3,4)17-6/h9H,7-8H2,1-6H3. The fraction of sp³-hybridized carbons (Fsp3) is 0.833. The molecular formula is C12H23NO4. The van der Waals surface area contributed by atoms with Crippen molar-refractivity contribution in [2.45, 2.75) is 45.8 Å². The van der Waals surface area contributed by atoms with E-state index in [1.165, 1.54) is 12.0 Å². The molecule has 0 aromatic carbocycles. The van der Waals surface area contributed by atoms with E-state index in [2.05, 4.69) is 4.74 Å². The lowest BCUT2D eigenvalue weighted by Gasteiger charge is -2.30. The second-order valence-corrected chi connectivity index (χ2v) is 4.83. The van der Waals surface area contributed by atoms with Crippen LogP contribution < -0.4 is 0 Å². The summed E-state index contributed by atoms with van der Waals surface area (Å²) >= 11 is 0. The van der Waals surface area contributed by atoms with Gasteiger partial charge >= 0.3 is 5.97 Å². The van der Waals surface area contributed by atoms with Crippen LogP contribution in [0.15, 0.2) is 0 Å². The van der Waals surface area contributed by atoms with E-state index in [-0.39, 0.29) is 24.9 Å². The second kappa shape index (κ2) is 6.59. The molecule has 0 radical (unpaired) electrons. The van der Waals surface area contributed by atoms with E-state index >= 15 is 0 Å². The maximum absolute atomic E-state index is 12.0. The molecule has 0 aromatic heterocycles. The van der Waals surface area contributed by atoms with Crippen LogP contribution in [0.5, 0.6) is 0 Å². The fourth-order valence-corrected chi connectivity index (χ4v) is 1.30. The van der Waals surface area contributed by atoms with Gasteiger partial charge in [0.2, 0.25) is 5.91 Å². The van der Waals surface area contributed by atoms with Gasteiger partial charge in [0.1, 0.15) is 6.54 Å². The number of methoxy groups -OCH3 is 2. The Labute approximate surface area is 103 Å². The number of carbonyl (C=O) groups is 2. The van der Waals surface area contributed by atoms with Gasteiger partial charge in [0, 0.05) is 13.2 Å². The normalized spacial score (nSPS) is 11.5. The van der Waals surface area contributed by atoms with Crippen LogP contribution >= 0.6 is 0 Å². The second-order valence-electron chi connectivity index (χ2n) is 4.83. The van der Waals surface area contributed by atoms with Crippen LogP contribution in [-0.2, 0) is 19.1 Å². The molecule has 0 rings (SSSR count). The van der Waals surface area contributed by atoms with Gasteiger partial charge in [-0.2, -0.15) is 0 Å². The molecule has 0 saturated carbocycles. The van der Waals surface area contributed by atoms with Crippen molar-refractivity contribution in [3.63, 3.8) is 0 Å². The molecule has 0 unspecified atom stereocenters. The van der Waals surface area contributed by atoms with Gasteiger partial charge in [-0.25, -0.2) is 0 Å². The lowest BCUT2D eigenvalue weighted by Crippen LogP contribution is -2.44. The number of hydrogen-bond donors (Lipinski definition) is 0. The van der Waals surface area contributed by atoms with E-state index in [0.717, 1.165) is 0 Å². The van der Waals surface area contributed by atoms with E-state index in [1.807, 2.05) is 27.7 Å². The van der Waals surface area contributed by atoms with Crippen LogP contribution in [0.2, 0.25) is 0 Å². The summed E-state index contributed by atoms with van der Waals surface area (Å²) < 4.78 is 9.78. The van der Waals surface area contributed by atoms with Crippen molar-refractivity contribution in [2.24, 2.45) is 0 Å². The van der Waals surface area contributed by atoms with Gasteiger partial charge in [-0.05, 0) is 27.7 Å². The summed E-state index contributed by atoms with van der Waals surface area (Å²) in [4.78, 5) is 24.8.